The molecule has 124 valence electrons. The molecule has 2 heterocycles. The summed E-state index contributed by atoms with van der Waals surface area (Å²) in [4.78, 5) is 22.7. The highest BCUT2D eigenvalue weighted by atomic mass is 16.3. The summed E-state index contributed by atoms with van der Waals surface area (Å²) in [5.74, 6) is 0.608. The minimum absolute atomic E-state index is 0.106. The first-order valence-corrected chi connectivity index (χ1v) is 7.88. The average molecular weight is 324 g/mol. The van der Waals surface area contributed by atoms with Crippen LogP contribution in [-0.2, 0) is 0 Å². The molecule has 3 aromatic rings. The lowest BCUT2D eigenvalue weighted by molar-refractivity contribution is 0.0768. The van der Waals surface area contributed by atoms with Crippen molar-refractivity contribution in [2.24, 2.45) is 0 Å². The third-order valence-electron chi connectivity index (χ3n) is 3.92. The summed E-state index contributed by atoms with van der Waals surface area (Å²) in [6, 6.07) is 11.4. The van der Waals surface area contributed by atoms with Gasteiger partial charge in [0, 0.05) is 19.8 Å². The first-order valence-electron chi connectivity index (χ1n) is 7.88. The van der Waals surface area contributed by atoms with Crippen molar-refractivity contribution in [3.8, 4) is 5.82 Å². The molecule has 1 N–H and O–H groups in total. The van der Waals surface area contributed by atoms with Gasteiger partial charge in [-0.1, -0.05) is 12.1 Å². The van der Waals surface area contributed by atoms with Crippen molar-refractivity contribution in [1.29, 1.82) is 0 Å². The van der Waals surface area contributed by atoms with Crippen LogP contribution in [0.2, 0.25) is 0 Å². The van der Waals surface area contributed by atoms with Gasteiger partial charge in [-0.2, -0.15) is 0 Å². The lowest BCUT2D eigenvalue weighted by Crippen LogP contribution is -2.29. The molecule has 0 bridgehead atoms. The second-order valence-corrected chi connectivity index (χ2v) is 5.87. The predicted octanol–water partition coefficient (Wildman–Crippen LogP) is 2.26. The molecule has 0 saturated carbocycles. The van der Waals surface area contributed by atoms with E-state index in [0.717, 1.165) is 11.0 Å². The molecule has 1 unspecified atom stereocenters. The fourth-order valence-electron chi connectivity index (χ4n) is 2.50. The number of imidazole rings is 1. The number of aliphatic hydroxyl groups is 1. The number of hydrogen-bond acceptors (Lipinski definition) is 4. The predicted molar refractivity (Wildman–Crippen MR) is 92.1 cm³/mol. The first kappa shape index (κ1) is 16.1. The zero-order chi connectivity index (χ0) is 17.1. The number of nitrogens with zero attached hydrogens (tertiary/aromatic N) is 4. The van der Waals surface area contributed by atoms with E-state index in [9.17, 15) is 9.90 Å². The molecule has 0 aliphatic carbocycles. The van der Waals surface area contributed by atoms with Gasteiger partial charge in [0.1, 0.15) is 12.1 Å². The summed E-state index contributed by atoms with van der Waals surface area (Å²) in [6.07, 6.45) is 3.43. The van der Waals surface area contributed by atoms with Crippen molar-refractivity contribution < 1.29 is 9.90 Å². The van der Waals surface area contributed by atoms with E-state index in [1.54, 1.807) is 37.5 Å². The largest absolute Gasteiger partial charge is 0.393 e. The number of para-hydroxylation sites is 2. The van der Waals surface area contributed by atoms with Gasteiger partial charge in [0.15, 0.2) is 0 Å². The molecule has 0 radical (unpaired) electrons. The van der Waals surface area contributed by atoms with Gasteiger partial charge in [-0.15, -0.1) is 0 Å². The van der Waals surface area contributed by atoms with E-state index >= 15 is 0 Å². The molecular formula is C18H20N4O2. The van der Waals surface area contributed by atoms with Crippen LogP contribution < -0.4 is 0 Å². The summed E-state index contributed by atoms with van der Waals surface area (Å²) in [7, 11) is 1.72. The van der Waals surface area contributed by atoms with Crippen LogP contribution in [0.5, 0.6) is 0 Å². The molecule has 6 nitrogen and oxygen atoms in total. The molecule has 3 rings (SSSR count). The van der Waals surface area contributed by atoms with E-state index in [-0.39, 0.29) is 5.91 Å². The van der Waals surface area contributed by atoms with Crippen LogP contribution >= 0.6 is 0 Å². The molecule has 0 spiro atoms. The fraction of sp³-hybridized carbons (Fsp3) is 0.278. The molecule has 2 aromatic heterocycles. The number of amides is 1. The second-order valence-electron chi connectivity index (χ2n) is 5.87. The zero-order valence-corrected chi connectivity index (χ0v) is 13.8. The highest BCUT2D eigenvalue weighted by Gasteiger charge is 2.13. The van der Waals surface area contributed by atoms with Gasteiger partial charge in [-0.05, 0) is 37.6 Å². The summed E-state index contributed by atoms with van der Waals surface area (Å²) < 4.78 is 1.89. The van der Waals surface area contributed by atoms with E-state index in [0.29, 0.717) is 24.3 Å². The van der Waals surface area contributed by atoms with Gasteiger partial charge in [0.25, 0.3) is 5.91 Å². The van der Waals surface area contributed by atoms with Crippen molar-refractivity contribution in [3.05, 3.63) is 54.5 Å². The lowest BCUT2D eigenvalue weighted by Gasteiger charge is -2.18. The lowest BCUT2D eigenvalue weighted by atomic mass is 10.2. The normalized spacial score (nSPS) is 12.3. The molecule has 0 fully saturated rings. The Morgan fingerprint density at radius 3 is 2.75 bits per heavy atom. The van der Waals surface area contributed by atoms with Crippen LogP contribution in [0.25, 0.3) is 16.9 Å². The van der Waals surface area contributed by atoms with Crippen LogP contribution in [0.1, 0.15) is 23.7 Å². The minimum atomic E-state index is -0.421. The van der Waals surface area contributed by atoms with Gasteiger partial charge in [0.05, 0.1) is 22.7 Å². The molecule has 0 saturated heterocycles. The number of aliphatic hydroxyl groups excluding tert-OH is 1. The Morgan fingerprint density at radius 2 is 2.04 bits per heavy atom. The second kappa shape index (κ2) is 6.80. The maximum atomic E-state index is 12.4. The van der Waals surface area contributed by atoms with Crippen molar-refractivity contribution >= 4 is 16.9 Å². The van der Waals surface area contributed by atoms with Crippen molar-refractivity contribution in [3.63, 3.8) is 0 Å². The van der Waals surface area contributed by atoms with E-state index in [2.05, 4.69) is 9.97 Å². The molecule has 0 aliphatic heterocycles. The van der Waals surface area contributed by atoms with E-state index in [4.69, 9.17) is 0 Å². The number of benzene rings is 1. The topological polar surface area (TPSA) is 71.2 Å². The number of fused-ring (bicyclic) bond motifs is 1. The van der Waals surface area contributed by atoms with Gasteiger partial charge >= 0.3 is 0 Å². The maximum absolute atomic E-state index is 12.4. The SMILES string of the molecule is CC(O)CCN(C)C(=O)c1ccc(-n2cnc3ccccc32)nc1. The standard InChI is InChI=1S/C18H20N4O2/c1-13(23)9-10-21(2)18(24)14-7-8-17(19-11-14)22-12-20-15-5-3-4-6-16(15)22/h3-8,11-13,23H,9-10H2,1-2H3. The smallest absolute Gasteiger partial charge is 0.255 e. The van der Waals surface area contributed by atoms with Gasteiger partial charge in [-0.3, -0.25) is 9.36 Å². The van der Waals surface area contributed by atoms with Crippen molar-refractivity contribution in [2.45, 2.75) is 19.4 Å². The quantitative estimate of drug-likeness (QED) is 0.781. The van der Waals surface area contributed by atoms with E-state index < -0.39 is 6.10 Å². The third-order valence-corrected chi connectivity index (χ3v) is 3.92. The highest BCUT2D eigenvalue weighted by molar-refractivity contribution is 5.93. The van der Waals surface area contributed by atoms with Crippen LogP contribution in [0.3, 0.4) is 0 Å². The molecule has 0 aliphatic rings. The molecule has 1 aromatic carbocycles. The monoisotopic (exact) mass is 324 g/mol. The summed E-state index contributed by atoms with van der Waals surface area (Å²) in [5.41, 5.74) is 2.40. The Hall–Kier alpha value is -2.73. The molecule has 24 heavy (non-hydrogen) atoms. The number of aromatic nitrogens is 3. The number of hydrogen-bond donors (Lipinski definition) is 1. The first-order chi connectivity index (χ1) is 11.6. The average Bonchev–Trinajstić information content (AvgIpc) is 3.03. The number of carbonyl (C=O) groups is 1. The Kier molecular flexibility index (Phi) is 4.57. The number of rotatable bonds is 5. The zero-order valence-electron chi connectivity index (χ0n) is 13.8. The van der Waals surface area contributed by atoms with E-state index in [1.165, 1.54) is 0 Å². The van der Waals surface area contributed by atoms with Gasteiger partial charge in [-0.25, -0.2) is 9.97 Å². The van der Waals surface area contributed by atoms with Crippen LogP contribution in [0.4, 0.5) is 0 Å². The van der Waals surface area contributed by atoms with Crippen LogP contribution in [0.15, 0.2) is 48.9 Å². The Balaban J connectivity index is 1.79. The van der Waals surface area contributed by atoms with E-state index in [1.807, 2.05) is 34.9 Å². The molecule has 1 atom stereocenters. The summed E-state index contributed by atoms with van der Waals surface area (Å²) in [5, 5.41) is 9.32. The van der Waals surface area contributed by atoms with Crippen molar-refractivity contribution in [1.82, 2.24) is 19.4 Å². The molecule has 6 heteroatoms. The summed E-state index contributed by atoms with van der Waals surface area (Å²) in [6.45, 7) is 2.22. The van der Waals surface area contributed by atoms with Gasteiger partial charge < -0.3 is 10.0 Å². The fourth-order valence-corrected chi connectivity index (χ4v) is 2.50. The Morgan fingerprint density at radius 1 is 1.25 bits per heavy atom. The number of carbonyl (C=O) groups excluding carboxylic acids is 1. The Labute approximate surface area is 140 Å². The van der Waals surface area contributed by atoms with Crippen molar-refractivity contribution in [2.75, 3.05) is 13.6 Å². The number of pyridine rings is 1. The molecular weight excluding hydrogens is 304 g/mol. The van der Waals surface area contributed by atoms with Crippen LogP contribution in [0, 0.1) is 0 Å². The minimum Gasteiger partial charge on any atom is -0.393 e. The highest BCUT2D eigenvalue weighted by Crippen LogP contribution is 2.16. The summed E-state index contributed by atoms with van der Waals surface area (Å²) >= 11 is 0. The molecule has 1 amide bonds. The van der Waals surface area contributed by atoms with Crippen LogP contribution in [-0.4, -0.2) is 50.1 Å². The maximum Gasteiger partial charge on any atom is 0.255 e. The van der Waals surface area contributed by atoms with Gasteiger partial charge in [0.2, 0.25) is 0 Å². The Bertz CT molecular complexity index is 840. The third kappa shape index (κ3) is 3.28.